The first-order chi connectivity index (χ1) is 14.0. The molecular formula is C27H50NO+. The van der Waals surface area contributed by atoms with Gasteiger partial charge in [-0.15, -0.1) is 0 Å². The summed E-state index contributed by atoms with van der Waals surface area (Å²) in [6.45, 7) is 5.61. The van der Waals surface area contributed by atoms with Crippen molar-refractivity contribution in [2.45, 2.75) is 116 Å². The molecule has 1 N–H and O–H groups in total. The van der Waals surface area contributed by atoms with Crippen molar-refractivity contribution in [2.75, 3.05) is 20.6 Å². The number of nitrogens with zero attached hydrogens (tertiary/aromatic N) is 1. The van der Waals surface area contributed by atoms with E-state index in [0.717, 1.165) is 16.6 Å². The van der Waals surface area contributed by atoms with Gasteiger partial charge in [0, 0.05) is 0 Å². The summed E-state index contributed by atoms with van der Waals surface area (Å²) in [6, 6.07) is 10.3. The highest BCUT2D eigenvalue weighted by molar-refractivity contribution is 5.18. The second-order valence-electron chi connectivity index (χ2n) is 9.69. The van der Waals surface area contributed by atoms with Gasteiger partial charge in [-0.25, -0.2) is 0 Å². The Kier molecular flexibility index (Phi) is 14.4. The van der Waals surface area contributed by atoms with Crippen LogP contribution in [0.2, 0.25) is 0 Å². The number of likely N-dealkylation sites (N-methyl/N-ethyl adjacent to an activating group) is 1. The van der Waals surface area contributed by atoms with Crippen molar-refractivity contribution < 1.29 is 9.59 Å². The molecule has 0 aliphatic rings. The Hall–Kier alpha value is -0.860. The molecule has 0 fully saturated rings. The molecule has 0 saturated heterocycles. The molecule has 2 heteroatoms. The lowest BCUT2D eigenvalue weighted by atomic mass is 10.0. The van der Waals surface area contributed by atoms with E-state index in [2.05, 4.69) is 27.9 Å². The number of aliphatic hydroxyl groups excluding tert-OH is 1. The molecule has 0 radical (unpaired) electrons. The van der Waals surface area contributed by atoms with Crippen LogP contribution in [0.3, 0.4) is 0 Å². The molecule has 0 aliphatic carbocycles. The fourth-order valence-corrected chi connectivity index (χ4v) is 4.23. The van der Waals surface area contributed by atoms with Gasteiger partial charge in [0.2, 0.25) is 0 Å². The molecule has 0 bridgehead atoms. The summed E-state index contributed by atoms with van der Waals surface area (Å²) in [5.74, 6) is 0. The zero-order valence-electron chi connectivity index (χ0n) is 20.0. The Balaban J connectivity index is 2.02. The summed E-state index contributed by atoms with van der Waals surface area (Å²) in [6.07, 6.45) is 19.2. The van der Waals surface area contributed by atoms with E-state index in [9.17, 15) is 5.11 Å². The zero-order valence-corrected chi connectivity index (χ0v) is 20.0. The number of unbranched alkanes of at least 4 members (excludes halogenated alkanes) is 13. The number of benzene rings is 1. The molecule has 0 amide bonds. The Morgan fingerprint density at radius 1 is 0.690 bits per heavy atom. The number of quaternary nitrogens is 1. The van der Waals surface area contributed by atoms with E-state index in [-0.39, 0.29) is 6.04 Å². The fourth-order valence-electron chi connectivity index (χ4n) is 4.23. The van der Waals surface area contributed by atoms with Crippen LogP contribution in [0.1, 0.15) is 115 Å². The average Bonchev–Trinajstić information content (AvgIpc) is 2.73. The minimum absolute atomic E-state index is 0.208. The topological polar surface area (TPSA) is 20.2 Å². The van der Waals surface area contributed by atoms with Gasteiger partial charge < -0.3 is 9.59 Å². The van der Waals surface area contributed by atoms with Gasteiger partial charge >= 0.3 is 0 Å². The van der Waals surface area contributed by atoms with Gasteiger partial charge in [0.05, 0.1) is 20.6 Å². The van der Waals surface area contributed by atoms with Crippen molar-refractivity contribution in [1.29, 1.82) is 0 Å². The van der Waals surface area contributed by atoms with E-state index >= 15 is 0 Å². The highest BCUT2D eigenvalue weighted by Gasteiger charge is 2.30. The van der Waals surface area contributed by atoms with Crippen molar-refractivity contribution in [2.24, 2.45) is 0 Å². The van der Waals surface area contributed by atoms with Gasteiger partial charge in [-0.2, -0.15) is 0 Å². The Bertz CT molecular complexity index is 485. The number of aliphatic hydroxyl groups is 1. The van der Waals surface area contributed by atoms with Crippen LogP contribution < -0.4 is 0 Å². The minimum atomic E-state index is -0.391. The lowest BCUT2D eigenvalue weighted by molar-refractivity contribution is -0.917. The van der Waals surface area contributed by atoms with Crippen molar-refractivity contribution in [3.63, 3.8) is 0 Å². The van der Waals surface area contributed by atoms with E-state index < -0.39 is 6.10 Å². The van der Waals surface area contributed by atoms with Gasteiger partial charge in [0.1, 0.15) is 12.1 Å². The summed E-state index contributed by atoms with van der Waals surface area (Å²) in [4.78, 5) is 0. The van der Waals surface area contributed by atoms with Crippen molar-refractivity contribution >= 4 is 0 Å². The van der Waals surface area contributed by atoms with Gasteiger partial charge in [0.25, 0.3) is 0 Å². The van der Waals surface area contributed by atoms with E-state index in [1.807, 2.05) is 30.3 Å². The van der Waals surface area contributed by atoms with Gasteiger partial charge in [-0.1, -0.05) is 114 Å². The first kappa shape index (κ1) is 26.2. The quantitative estimate of drug-likeness (QED) is 0.197. The van der Waals surface area contributed by atoms with E-state index in [0.29, 0.717) is 0 Å². The molecular weight excluding hydrogens is 354 g/mol. The Morgan fingerprint density at radius 2 is 1.10 bits per heavy atom. The van der Waals surface area contributed by atoms with Crippen molar-refractivity contribution in [3.05, 3.63) is 35.9 Å². The van der Waals surface area contributed by atoms with Crippen molar-refractivity contribution in [1.82, 2.24) is 0 Å². The van der Waals surface area contributed by atoms with E-state index in [1.165, 1.54) is 89.9 Å². The molecule has 0 saturated carbocycles. The van der Waals surface area contributed by atoms with Crippen LogP contribution in [-0.2, 0) is 0 Å². The number of hydrogen-bond acceptors (Lipinski definition) is 1. The lowest BCUT2D eigenvalue weighted by Crippen LogP contribution is -2.50. The van der Waals surface area contributed by atoms with Crippen LogP contribution in [0.15, 0.2) is 30.3 Å². The molecule has 168 valence electrons. The molecule has 0 spiro atoms. The number of hydrogen-bond donors (Lipinski definition) is 1. The SMILES string of the molecule is CCCCCCCCCCCCCCCC[N+](C)(C)[C@H](C)[C@@H](O)c1ccccc1. The molecule has 1 aromatic carbocycles. The second kappa shape index (κ2) is 15.9. The Labute approximate surface area is 182 Å². The maximum atomic E-state index is 10.7. The predicted molar refractivity (Wildman–Crippen MR) is 128 cm³/mol. The number of rotatable bonds is 18. The normalized spacial score (nSPS) is 14.1. The summed E-state index contributed by atoms with van der Waals surface area (Å²) in [7, 11) is 4.53. The van der Waals surface area contributed by atoms with Gasteiger partial charge in [0.15, 0.2) is 0 Å². The van der Waals surface area contributed by atoms with Crippen LogP contribution >= 0.6 is 0 Å². The molecule has 1 aromatic rings. The standard InChI is InChI=1S/C27H50NO/c1-5-6-7-8-9-10-11-12-13-14-15-16-17-21-24-28(3,4)25(2)27(29)26-22-19-18-20-23-26/h18-20,22-23,25,27,29H,5-17,21,24H2,1-4H3/q+1/t25-,27-/m1/s1. The van der Waals surface area contributed by atoms with Crippen LogP contribution in [0.4, 0.5) is 0 Å². The first-order valence-corrected chi connectivity index (χ1v) is 12.5. The van der Waals surface area contributed by atoms with Crippen molar-refractivity contribution in [3.8, 4) is 0 Å². The maximum absolute atomic E-state index is 10.7. The summed E-state index contributed by atoms with van der Waals surface area (Å²) < 4.78 is 0.883. The van der Waals surface area contributed by atoms with E-state index in [4.69, 9.17) is 0 Å². The molecule has 0 heterocycles. The van der Waals surface area contributed by atoms with Gasteiger partial charge in [-0.3, -0.25) is 0 Å². The van der Waals surface area contributed by atoms with E-state index in [1.54, 1.807) is 0 Å². The molecule has 2 atom stereocenters. The smallest absolute Gasteiger partial charge is 0.130 e. The maximum Gasteiger partial charge on any atom is 0.130 e. The molecule has 0 unspecified atom stereocenters. The first-order valence-electron chi connectivity index (χ1n) is 12.5. The third-order valence-corrected chi connectivity index (χ3v) is 6.79. The van der Waals surface area contributed by atoms with Crippen LogP contribution in [0.5, 0.6) is 0 Å². The molecule has 0 aromatic heterocycles. The van der Waals surface area contributed by atoms with Crippen LogP contribution in [0.25, 0.3) is 0 Å². The summed E-state index contributed by atoms with van der Waals surface area (Å²) >= 11 is 0. The Morgan fingerprint density at radius 3 is 1.55 bits per heavy atom. The fraction of sp³-hybridized carbons (Fsp3) is 0.778. The predicted octanol–water partition coefficient (Wildman–Crippen LogP) is 7.67. The third kappa shape index (κ3) is 11.8. The van der Waals surface area contributed by atoms with Crippen LogP contribution in [0, 0.1) is 0 Å². The minimum Gasteiger partial charge on any atom is -0.382 e. The zero-order chi connectivity index (χ0) is 21.4. The summed E-state index contributed by atoms with van der Waals surface area (Å²) in [5.41, 5.74) is 1.03. The second-order valence-corrected chi connectivity index (χ2v) is 9.69. The molecule has 0 aliphatic heterocycles. The molecule has 2 nitrogen and oxygen atoms in total. The highest BCUT2D eigenvalue weighted by atomic mass is 16.3. The molecule has 29 heavy (non-hydrogen) atoms. The lowest BCUT2D eigenvalue weighted by Gasteiger charge is -2.38. The third-order valence-electron chi connectivity index (χ3n) is 6.79. The monoisotopic (exact) mass is 404 g/mol. The largest absolute Gasteiger partial charge is 0.382 e. The van der Waals surface area contributed by atoms with Gasteiger partial charge in [-0.05, 0) is 25.3 Å². The summed E-state index contributed by atoms with van der Waals surface area (Å²) in [5, 5.41) is 10.7. The highest BCUT2D eigenvalue weighted by Crippen LogP contribution is 2.24. The average molecular weight is 405 g/mol. The molecule has 1 rings (SSSR count). The van der Waals surface area contributed by atoms with Crippen LogP contribution in [-0.4, -0.2) is 36.3 Å².